The van der Waals surface area contributed by atoms with Gasteiger partial charge in [-0.25, -0.2) is 8.42 Å². The second-order valence-corrected chi connectivity index (χ2v) is 8.70. The van der Waals surface area contributed by atoms with Gasteiger partial charge in [-0.2, -0.15) is 4.31 Å². The Balaban J connectivity index is 1.41. The average molecular weight is 415 g/mol. The lowest BCUT2D eigenvalue weighted by atomic mass is 9.97. The summed E-state index contributed by atoms with van der Waals surface area (Å²) < 4.78 is 32.0. The van der Waals surface area contributed by atoms with Gasteiger partial charge in [0.2, 0.25) is 15.9 Å². The topological polar surface area (TPSA) is 75.7 Å². The van der Waals surface area contributed by atoms with Crippen LogP contribution in [0.5, 0.6) is 5.75 Å². The third-order valence-corrected chi connectivity index (χ3v) is 6.39. The largest absolute Gasteiger partial charge is 0.492 e. The number of carbonyl (C=O) groups excluding carboxylic acids is 1. The number of sulfonamides is 1. The van der Waals surface area contributed by atoms with Crippen LogP contribution in [0.4, 0.5) is 0 Å². The molecule has 2 aromatic carbocycles. The molecule has 3 rings (SSSR count). The van der Waals surface area contributed by atoms with Gasteiger partial charge in [0.25, 0.3) is 0 Å². The van der Waals surface area contributed by atoms with Crippen molar-refractivity contribution in [2.75, 3.05) is 26.2 Å². The van der Waals surface area contributed by atoms with E-state index in [4.69, 9.17) is 4.74 Å². The summed E-state index contributed by atoms with van der Waals surface area (Å²) in [5.74, 6) is 0.554. The molecule has 0 aromatic heterocycles. The summed E-state index contributed by atoms with van der Waals surface area (Å²) in [6, 6.07) is 18.7. The number of piperidine rings is 1. The standard InChI is InChI=1S/C22H26N2O4S/c25-22(23-14-17-28-21-9-5-2-6-10-21)20-11-15-24(16-12-20)29(26,27)18-13-19-7-3-1-4-8-19/h1-10,13,18,20H,11-12,14-17H2,(H,23,25). The van der Waals surface area contributed by atoms with Crippen molar-refractivity contribution in [3.8, 4) is 5.75 Å². The highest BCUT2D eigenvalue weighted by molar-refractivity contribution is 7.92. The number of benzene rings is 2. The van der Waals surface area contributed by atoms with Crippen molar-refractivity contribution in [2.24, 2.45) is 5.92 Å². The summed E-state index contributed by atoms with van der Waals surface area (Å²) in [4.78, 5) is 12.3. The molecule has 0 spiro atoms. The maximum atomic E-state index is 12.5. The molecular formula is C22H26N2O4S. The Morgan fingerprint density at radius 2 is 1.66 bits per heavy atom. The van der Waals surface area contributed by atoms with Crippen molar-refractivity contribution in [3.05, 3.63) is 71.6 Å². The minimum atomic E-state index is -3.48. The van der Waals surface area contributed by atoms with Crippen LogP contribution in [0.2, 0.25) is 0 Å². The van der Waals surface area contributed by atoms with Crippen LogP contribution in [0.1, 0.15) is 18.4 Å². The van der Waals surface area contributed by atoms with Gasteiger partial charge in [-0.3, -0.25) is 4.79 Å². The number of hydrogen-bond acceptors (Lipinski definition) is 4. The lowest BCUT2D eigenvalue weighted by Gasteiger charge is -2.29. The summed E-state index contributed by atoms with van der Waals surface area (Å²) in [5, 5.41) is 4.12. The quantitative estimate of drug-likeness (QED) is 0.674. The van der Waals surface area contributed by atoms with E-state index in [9.17, 15) is 13.2 Å². The van der Waals surface area contributed by atoms with Gasteiger partial charge in [0.15, 0.2) is 0 Å². The highest BCUT2D eigenvalue weighted by atomic mass is 32.2. The lowest BCUT2D eigenvalue weighted by molar-refractivity contribution is -0.126. The number of nitrogens with zero attached hydrogens (tertiary/aromatic N) is 1. The Kier molecular flexibility index (Phi) is 7.43. The summed E-state index contributed by atoms with van der Waals surface area (Å²) in [6.07, 6.45) is 2.63. The molecule has 0 radical (unpaired) electrons. The van der Waals surface area contributed by atoms with Crippen molar-refractivity contribution in [1.82, 2.24) is 9.62 Å². The third-order valence-electron chi connectivity index (χ3n) is 4.83. The van der Waals surface area contributed by atoms with Gasteiger partial charge in [-0.15, -0.1) is 0 Å². The maximum absolute atomic E-state index is 12.5. The van der Waals surface area contributed by atoms with E-state index in [-0.39, 0.29) is 11.8 Å². The number of rotatable bonds is 8. The molecular weight excluding hydrogens is 388 g/mol. The fraction of sp³-hybridized carbons (Fsp3) is 0.318. The minimum absolute atomic E-state index is 0.0430. The zero-order valence-electron chi connectivity index (χ0n) is 16.2. The van der Waals surface area contributed by atoms with Crippen molar-refractivity contribution in [3.63, 3.8) is 0 Å². The number of carbonyl (C=O) groups is 1. The van der Waals surface area contributed by atoms with Crippen LogP contribution in [0.3, 0.4) is 0 Å². The predicted octanol–water partition coefficient (Wildman–Crippen LogP) is 2.89. The molecule has 2 aromatic rings. The molecule has 0 atom stereocenters. The number of para-hydroxylation sites is 1. The van der Waals surface area contributed by atoms with Crippen molar-refractivity contribution < 1.29 is 17.9 Å². The van der Waals surface area contributed by atoms with Crippen LogP contribution in [0.25, 0.3) is 6.08 Å². The third kappa shape index (κ3) is 6.44. The molecule has 0 saturated carbocycles. The van der Waals surface area contributed by atoms with Gasteiger partial charge in [0.05, 0.1) is 6.54 Å². The fourth-order valence-corrected chi connectivity index (χ4v) is 4.41. The van der Waals surface area contributed by atoms with Crippen LogP contribution in [-0.2, 0) is 14.8 Å². The van der Waals surface area contributed by atoms with Gasteiger partial charge in [-0.1, -0.05) is 48.5 Å². The van der Waals surface area contributed by atoms with E-state index in [1.807, 2.05) is 60.7 Å². The van der Waals surface area contributed by atoms with Gasteiger partial charge in [-0.05, 0) is 36.6 Å². The van der Waals surface area contributed by atoms with E-state index >= 15 is 0 Å². The first-order valence-corrected chi connectivity index (χ1v) is 11.2. The van der Waals surface area contributed by atoms with Crippen molar-refractivity contribution in [1.29, 1.82) is 0 Å². The molecule has 7 heteroatoms. The van der Waals surface area contributed by atoms with Crippen molar-refractivity contribution >= 4 is 22.0 Å². The lowest BCUT2D eigenvalue weighted by Crippen LogP contribution is -2.43. The summed E-state index contributed by atoms with van der Waals surface area (Å²) in [5.41, 5.74) is 0.836. The normalized spacial score (nSPS) is 16.0. The Morgan fingerprint density at radius 1 is 1.03 bits per heavy atom. The first kappa shape index (κ1) is 21.1. The minimum Gasteiger partial charge on any atom is -0.492 e. The highest BCUT2D eigenvalue weighted by Gasteiger charge is 2.29. The van der Waals surface area contributed by atoms with E-state index in [1.165, 1.54) is 9.71 Å². The molecule has 0 bridgehead atoms. The molecule has 1 N–H and O–H groups in total. The second-order valence-electron chi connectivity index (χ2n) is 6.88. The van der Waals surface area contributed by atoms with Gasteiger partial charge >= 0.3 is 0 Å². The first-order valence-electron chi connectivity index (χ1n) is 9.73. The van der Waals surface area contributed by atoms with Gasteiger partial charge in [0, 0.05) is 24.4 Å². The predicted molar refractivity (Wildman–Crippen MR) is 114 cm³/mol. The molecule has 0 aliphatic carbocycles. The fourth-order valence-electron chi connectivity index (χ4n) is 3.19. The van der Waals surface area contributed by atoms with Crippen LogP contribution in [0, 0.1) is 5.92 Å². The summed E-state index contributed by atoms with van der Waals surface area (Å²) in [7, 11) is -3.48. The van der Waals surface area contributed by atoms with Gasteiger partial charge in [0.1, 0.15) is 12.4 Å². The van der Waals surface area contributed by atoms with E-state index < -0.39 is 10.0 Å². The van der Waals surface area contributed by atoms with Crippen LogP contribution in [-0.4, -0.2) is 44.9 Å². The van der Waals surface area contributed by atoms with Crippen LogP contribution >= 0.6 is 0 Å². The molecule has 1 saturated heterocycles. The SMILES string of the molecule is O=C(NCCOc1ccccc1)C1CCN(S(=O)(=O)C=Cc2ccccc2)CC1. The van der Waals surface area contributed by atoms with E-state index in [0.717, 1.165) is 11.3 Å². The Bertz CT molecular complexity index is 906. The zero-order valence-corrected chi connectivity index (χ0v) is 17.1. The Hall–Kier alpha value is -2.64. The van der Waals surface area contributed by atoms with E-state index in [1.54, 1.807) is 6.08 Å². The summed E-state index contributed by atoms with van der Waals surface area (Å²) in [6.45, 7) is 1.51. The maximum Gasteiger partial charge on any atom is 0.236 e. The Labute approximate surface area is 172 Å². The highest BCUT2D eigenvalue weighted by Crippen LogP contribution is 2.21. The molecule has 1 amide bonds. The number of nitrogens with one attached hydrogen (secondary N) is 1. The molecule has 1 aliphatic rings. The number of amides is 1. The molecule has 29 heavy (non-hydrogen) atoms. The number of hydrogen-bond donors (Lipinski definition) is 1. The monoisotopic (exact) mass is 414 g/mol. The molecule has 1 fully saturated rings. The Morgan fingerprint density at radius 3 is 2.31 bits per heavy atom. The molecule has 0 unspecified atom stereocenters. The smallest absolute Gasteiger partial charge is 0.236 e. The van der Waals surface area contributed by atoms with Crippen molar-refractivity contribution in [2.45, 2.75) is 12.8 Å². The zero-order chi connectivity index (χ0) is 20.5. The molecule has 1 heterocycles. The average Bonchev–Trinajstić information content (AvgIpc) is 2.77. The van der Waals surface area contributed by atoms with E-state index in [0.29, 0.717) is 39.1 Å². The second kappa shape index (κ2) is 10.2. The first-order chi connectivity index (χ1) is 14.0. The van der Waals surface area contributed by atoms with Crippen LogP contribution < -0.4 is 10.1 Å². The summed E-state index contributed by atoms with van der Waals surface area (Å²) >= 11 is 0. The van der Waals surface area contributed by atoms with Gasteiger partial charge < -0.3 is 10.1 Å². The number of ether oxygens (including phenoxy) is 1. The molecule has 6 nitrogen and oxygen atoms in total. The van der Waals surface area contributed by atoms with Crippen LogP contribution in [0.15, 0.2) is 66.1 Å². The molecule has 1 aliphatic heterocycles. The van der Waals surface area contributed by atoms with E-state index in [2.05, 4.69) is 5.32 Å². The molecule has 154 valence electrons.